The van der Waals surface area contributed by atoms with Gasteiger partial charge >= 0.3 is 0 Å². The van der Waals surface area contributed by atoms with Crippen LogP contribution < -0.4 is 0 Å². The van der Waals surface area contributed by atoms with Gasteiger partial charge in [-0.1, -0.05) is 25.5 Å². The monoisotopic (exact) mass is 110 g/mol. The van der Waals surface area contributed by atoms with Gasteiger partial charge in [0.15, 0.2) is 0 Å². The fourth-order valence-electron chi connectivity index (χ4n) is 1.14. The molecule has 0 aromatic rings. The fraction of sp³-hybridized carbons (Fsp3) is 0.750. The molecule has 0 amide bonds. The molecule has 0 aliphatic heterocycles. The highest BCUT2D eigenvalue weighted by atomic mass is 14.3. The van der Waals surface area contributed by atoms with Crippen LogP contribution in [-0.4, -0.2) is 0 Å². The summed E-state index contributed by atoms with van der Waals surface area (Å²) >= 11 is 0. The first-order chi connectivity index (χ1) is 3.88. The van der Waals surface area contributed by atoms with Crippen LogP contribution in [0.1, 0.15) is 33.1 Å². The molecule has 0 aromatic carbocycles. The van der Waals surface area contributed by atoms with E-state index in [0.717, 1.165) is 5.92 Å². The van der Waals surface area contributed by atoms with Crippen LogP contribution in [0.2, 0.25) is 0 Å². The average Bonchev–Trinajstić information content (AvgIpc) is 2.48. The molecule has 1 atom stereocenters. The molecular weight excluding hydrogens is 96.1 g/mol. The third-order valence-corrected chi connectivity index (χ3v) is 1.81. The molecule has 1 aliphatic carbocycles. The molecule has 0 spiro atoms. The molecule has 0 heteroatoms. The summed E-state index contributed by atoms with van der Waals surface area (Å²) in [5, 5.41) is 0. The summed E-state index contributed by atoms with van der Waals surface area (Å²) in [5.41, 5.74) is 1.70. The summed E-state index contributed by atoms with van der Waals surface area (Å²) < 4.78 is 0. The first-order valence-electron chi connectivity index (χ1n) is 3.57. The molecular formula is C8H14. The van der Waals surface area contributed by atoms with E-state index in [1.807, 2.05) is 0 Å². The van der Waals surface area contributed by atoms with Crippen LogP contribution in [0.25, 0.3) is 0 Å². The summed E-state index contributed by atoms with van der Waals surface area (Å²) in [7, 11) is 0. The topological polar surface area (TPSA) is 0 Å². The van der Waals surface area contributed by atoms with Gasteiger partial charge in [-0.25, -0.2) is 0 Å². The highest BCUT2D eigenvalue weighted by Crippen LogP contribution is 2.40. The highest BCUT2D eigenvalue weighted by Gasteiger charge is 2.25. The van der Waals surface area contributed by atoms with E-state index in [-0.39, 0.29) is 0 Å². The van der Waals surface area contributed by atoms with Gasteiger partial charge in [0.05, 0.1) is 0 Å². The van der Waals surface area contributed by atoms with Crippen molar-refractivity contribution in [3.8, 4) is 0 Å². The molecule has 0 bridgehead atoms. The molecule has 1 saturated carbocycles. The molecule has 0 nitrogen and oxygen atoms in total. The van der Waals surface area contributed by atoms with Crippen molar-refractivity contribution in [1.29, 1.82) is 0 Å². The Morgan fingerprint density at radius 3 is 2.75 bits per heavy atom. The van der Waals surface area contributed by atoms with Gasteiger partial charge in [0.2, 0.25) is 0 Å². The van der Waals surface area contributed by atoms with E-state index < -0.39 is 0 Å². The molecule has 1 rings (SSSR count). The quantitative estimate of drug-likeness (QED) is 0.479. The van der Waals surface area contributed by atoms with Crippen molar-refractivity contribution >= 4 is 0 Å². The van der Waals surface area contributed by atoms with Crippen LogP contribution >= 0.6 is 0 Å². The van der Waals surface area contributed by atoms with Gasteiger partial charge in [0.25, 0.3) is 0 Å². The zero-order valence-electron chi connectivity index (χ0n) is 5.78. The summed E-state index contributed by atoms with van der Waals surface area (Å²) in [6, 6.07) is 0. The standard InChI is InChI=1S/C8H14/c1-3-5-8-6-7(8)4-2/h5,7H,3-4,6H2,1-2H3/b8-5+. The molecule has 0 saturated heterocycles. The first kappa shape index (κ1) is 5.87. The van der Waals surface area contributed by atoms with Crippen molar-refractivity contribution in [1.82, 2.24) is 0 Å². The van der Waals surface area contributed by atoms with E-state index in [9.17, 15) is 0 Å². The van der Waals surface area contributed by atoms with Crippen molar-refractivity contribution in [2.75, 3.05) is 0 Å². The molecule has 46 valence electrons. The van der Waals surface area contributed by atoms with Gasteiger partial charge in [0.1, 0.15) is 0 Å². The zero-order chi connectivity index (χ0) is 5.98. The maximum Gasteiger partial charge on any atom is -0.0168 e. The molecule has 0 N–H and O–H groups in total. The summed E-state index contributed by atoms with van der Waals surface area (Å²) in [6.45, 7) is 4.47. The van der Waals surface area contributed by atoms with E-state index >= 15 is 0 Å². The fourth-order valence-corrected chi connectivity index (χ4v) is 1.14. The lowest BCUT2D eigenvalue weighted by atomic mass is 10.3. The normalized spacial score (nSPS) is 31.2. The molecule has 0 aromatic heterocycles. The van der Waals surface area contributed by atoms with E-state index in [1.165, 1.54) is 19.3 Å². The minimum absolute atomic E-state index is 0.981. The van der Waals surface area contributed by atoms with Crippen LogP contribution in [0.4, 0.5) is 0 Å². The van der Waals surface area contributed by atoms with Gasteiger partial charge in [-0.3, -0.25) is 0 Å². The smallest absolute Gasteiger partial charge is 0.0168 e. The van der Waals surface area contributed by atoms with E-state index in [1.54, 1.807) is 5.57 Å². The Kier molecular flexibility index (Phi) is 1.72. The predicted octanol–water partition coefficient (Wildman–Crippen LogP) is 2.75. The summed E-state index contributed by atoms with van der Waals surface area (Å²) in [6.07, 6.45) is 6.34. The van der Waals surface area contributed by atoms with Crippen LogP contribution in [-0.2, 0) is 0 Å². The lowest BCUT2D eigenvalue weighted by molar-refractivity contribution is 0.825. The number of rotatable bonds is 2. The third-order valence-electron chi connectivity index (χ3n) is 1.81. The second kappa shape index (κ2) is 2.34. The van der Waals surface area contributed by atoms with E-state index in [4.69, 9.17) is 0 Å². The Labute approximate surface area is 51.6 Å². The van der Waals surface area contributed by atoms with Gasteiger partial charge in [-0.05, 0) is 25.2 Å². The second-order valence-electron chi connectivity index (χ2n) is 2.50. The molecule has 1 fully saturated rings. The van der Waals surface area contributed by atoms with Gasteiger partial charge in [-0.15, -0.1) is 0 Å². The SMILES string of the molecule is CC/C=C1\CC1CC. The summed E-state index contributed by atoms with van der Waals surface area (Å²) in [4.78, 5) is 0. The number of hydrogen-bond acceptors (Lipinski definition) is 0. The van der Waals surface area contributed by atoms with Crippen molar-refractivity contribution in [3.63, 3.8) is 0 Å². The summed E-state index contributed by atoms with van der Waals surface area (Å²) in [5.74, 6) is 0.981. The van der Waals surface area contributed by atoms with Crippen molar-refractivity contribution < 1.29 is 0 Å². The van der Waals surface area contributed by atoms with E-state index in [0.29, 0.717) is 0 Å². The largest absolute Gasteiger partial charge is 0.0853 e. The molecule has 1 unspecified atom stereocenters. The van der Waals surface area contributed by atoms with Crippen LogP contribution in [0.3, 0.4) is 0 Å². The average molecular weight is 110 g/mol. The molecule has 8 heavy (non-hydrogen) atoms. The Morgan fingerprint density at radius 2 is 2.38 bits per heavy atom. The van der Waals surface area contributed by atoms with Crippen molar-refractivity contribution in [3.05, 3.63) is 11.6 Å². The van der Waals surface area contributed by atoms with Crippen LogP contribution in [0.15, 0.2) is 11.6 Å². The molecule has 1 aliphatic rings. The second-order valence-corrected chi connectivity index (χ2v) is 2.50. The third kappa shape index (κ3) is 1.12. The zero-order valence-corrected chi connectivity index (χ0v) is 5.78. The Morgan fingerprint density at radius 1 is 1.62 bits per heavy atom. The lowest BCUT2D eigenvalue weighted by Gasteiger charge is -1.79. The van der Waals surface area contributed by atoms with E-state index in [2.05, 4.69) is 19.9 Å². The van der Waals surface area contributed by atoms with Gasteiger partial charge in [-0.2, -0.15) is 0 Å². The van der Waals surface area contributed by atoms with Crippen molar-refractivity contribution in [2.24, 2.45) is 5.92 Å². The highest BCUT2D eigenvalue weighted by molar-refractivity contribution is 5.22. The number of allylic oxidation sites excluding steroid dienone is 2. The number of hydrogen-bond donors (Lipinski definition) is 0. The minimum Gasteiger partial charge on any atom is -0.0853 e. The van der Waals surface area contributed by atoms with Crippen molar-refractivity contribution in [2.45, 2.75) is 33.1 Å². The van der Waals surface area contributed by atoms with Gasteiger partial charge in [0, 0.05) is 0 Å². The van der Waals surface area contributed by atoms with Crippen LogP contribution in [0, 0.1) is 5.92 Å². The van der Waals surface area contributed by atoms with Gasteiger partial charge < -0.3 is 0 Å². The maximum atomic E-state index is 2.37. The first-order valence-corrected chi connectivity index (χ1v) is 3.57. The predicted molar refractivity (Wildman–Crippen MR) is 36.8 cm³/mol. The Bertz CT molecular complexity index is 101. The Hall–Kier alpha value is -0.260. The van der Waals surface area contributed by atoms with Crippen LogP contribution in [0.5, 0.6) is 0 Å². The lowest BCUT2D eigenvalue weighted by Crippen LogP contribution is -1.64. The maximum absolute atomic E-state index is 2.37. The Balaban J connectivity index is 2.25. The minimum atomic E-state index is 0.981. The molecule has 0 radical (unpaired) electrons. The molecule has 0 heterocycles.